The highest BCUT2D eigenvalue weighted by atomic mass is 19.2. The topological polar surface area (TPSA) is 9.23 Å². The fraction of sp³-hybridized carbons (Fsp3) is 0.700. The molecule has 1 nitrogen and oxygen atoms in total. The predicted octanol–water partition coefficient (Wildman–Crippen LogP) is 6.22. The third-order valence-electron chi connectivity index (χ3n) is 5.73. The van der Waals surface area contributed by atoms with Crippen molar-refractivity contribution in [3.05, 3.63) is 29.3 Å². The molecule has 0 aliphatic heterocycles. The molecule has 0 spiro atoms. The molecule has 1 aromatic carbocycles. The third kappa shape index (κ3) is 4.05. The molecule has 0 heterocycles. The van der Waals surface area contributed by atoms with Gasteiger partial charge in [0.15, 0.2) is 11.6 Å². The minimum absolute atomic E-state index is 0.0840. The molecule has 0 saturated heterocycles. The zero-order valence-corrected chi connectivity index (χ0v) is 14.1. The van der Waals surface area contributed by atoms with Gasteiger partial charge in [-0.2, -0.15) is 4.39 Å². The smallest absolute Gasteiger partial charge is 0.200 e. The maximum Gasteiger partial charge on any atom is 0.200 e. The molecule has 3 heteroatoms. The highest BCUT2D eigenvalue weighted by Gasteiger charge is 2.24. The van der Waals surface area contributed by atoms with E-state index in [0.717, 1.165) is 44.4 Å². The molecule has 0 amide bonds. The van der Waals surface area contributed by atoms with Crippen molar-refractivity contribution < 1.29 is 13.5 Å². The Balaban J connectivity index is 1.63. The monoisotopic (exact) mass is 322 g/mol. The van der Waals surface area contributed by atoms with E-state index in [4.69, 9.17) is 4.74 Å². The fourth-order valence-electron chi connectivity index (χ4n) is 4.09. The summed E-state index contributed by atoms with van der Waals surface area (Å²) in [6.45, 7) is 2.78. The largest absolute Gasteiger partial charge is 0.490 e. The van der Waals surface area contributed by atoms with Crippen molar-refractivity contribution in [2.75, 3.05) is 6.61 Å². The van der Waals surface area contributed by atoms with E-state index < -0.39 is 11.6 Å². The summed E-state index contributed by atoms with van der Waals surface area (Å²) in [6.07, 6.45) is 10.1. The number of ether oxygens (including phenoxy) is 1. The Morgan fingerprint density at radius 3 is 2.30 bits per heavy atom. The third-order valence-corrected chi connectivity index (χ3v) is 5.73. The highest BCUT2D eigenvalue weighted by Crippen LogP contribution is 2.37. The lowest BCUT2D eigenvalue weighted by Gasteiger charge is -2.26. The first-order chi connectivity index (χ1) is 11.1. The Morgan fingerprint density at radius 1 is 0.913 bits per heavy atom. The van der Waals surface area contributed by atoms with Gasteiger partial charge in [0.25, 0.3) is 0 Å². The summed E-state index contributed by atoms with van der Waals surface area (Å²) in [7, 11) is 0. The van der Waals surface area contributed by atoms with Crippen LogP contribution in [0.5, 0.6) is 5.75 Å². The van der Waals surface area contributed by atoms with Crippen LogP contribution in [0.1, 0.15) is 76.2 Å². The van der Waals surface area contributed by atoms with E-state index in [9.17, 15) is 8.78 Å². The summed E-state index contributed by atoms with van der Waals surface area (Å²) in [5, 5.41) is 0. The summed E-state index contributed by atoms with van der Waals surface area (Å²) < 4.78 is 34.4. The van der Waals surface area contributed by atoms with Crippen LogP contribution in [0.2, 0.25) is 0 Å². The van der Waals surface area contributed by atoms with Crippen molar-refractivity contribution in [1.82, 2.24) is 0 Å². The van der Waals surface area contributed by atoms with Crippen molar-refractivity contribution in [2.45, 2.75) is 70.6 Å². The Bertz CT molecular complexity index is 515. The van der Waals surface area contributed by atoms with E-state index >= 15 is 0 Å². The van der Waals surface area contributed by atoms with E-state index in [1.54, 1.807) is 12.1 Å². The lowest BCUT2D eigenvalue weighted by molar-refractivity contribution is 0.181. The Labute approximate surface area is 138 Å². The van der Waals surface area contributed by atoms with Gasteiger partial charge in [0.1, 0.15) is 0 Å². The molecule has 2 fully saturated rings. The zero-order valence-electron chi connectivity index (χ0n) is 14.1. The Hall–Kier alpha value is -1.12. The van der Waals surface area contributed by atoms with Crippen LogP contribution >= 0.6 is 0 Å². The van der Waals surface area contributed by atoms with Crippen molar-refractivity contribution in [1.29, 1.82) is 0 Å². The SMILES string of the molecule is CC1CCC(COc2ccc(C3CCCCC3)c(F)c2F)CC1. The molecule has 128 valence electrons. The average molecular weight is 322 g/mol. The zero-order chi connectivity index (χ0) is 16.2. The molecule has 3 rings (SSSR count). The molecular formula is C20H28F2O. The van der Waals surface area contributed by atoms with E-state index in [1.807, 2.05) is 0 Å². The average Bonchev–Trinajstić information content (AvgIpc) is 2.58. The summed E-state index contributed by atoms with van der Waals surface area (Å²) in [5.41, 5.74) is 0.543. The molecule has 2 saturated carbocycles. The van der Waals surface area contributed by atoms with Gasteiger partial charge in [0.05, 0.1) is 6.61 Å². The van der Waals surface area contributed by atoms with Crippen LogP contribution in [0.15, 0.2) is 12.1 Å². The fourth-order valence-corrected chi connectivity index (χ4v) is 4.09. The summed E-state index contributed by atoms with van der Waals surface area (Å²) in [6, 6.07) is 3.38. The Morgan fingerprint density at radius 2 is 1.61 bits per heavy atom. The van der Waals surface area contributed by atoms with Crippen LogP contribution in [0, 0.1) is 23.5 Å². The van der Waals surface area contributed by atoms with Gasteiger partial charge < -0.3 is 4.74 Å². The second-order valence-corrected chi connectivity index (χ2v) is 7.55. The molecule has 0 bridgehead atoms. The van der Waals surface area contributed by atoms with Gasteiger partial charge in [-0.25, -0.2) is 4.39 Å². The molecule has 0 atom stereocenters. The molecule has 0 unspecified atom stereocenters. The van der Waals surface area contributed by atoms with Crippen molar-refractivity contribution in [2.24, 2.45) is 11.8 Å². The minimum Gasteiger partial charge on any atom is -0.490 e. The quantitative estimate of drug-likeness (QED) is 0.639. The normalized spacial score (nSPS) is 26.2. The van der Waals surface area contributed by atoms with Gasteiger partial charge in [-0.05, 0) is 55.1 Å². The van der Waals surface area contributed by atoms with E-state index in [1.165, 1.54) is 19.3 Å². The van der Waals surface area contributed by atoms with Crippen LogP contribution in [0.4, 0.5) is 8.78 Å². The van der Waals surface area contributed by atoms with Crippen LogP contribution in [-0.2, 0) is 0 Å². The summed E-state index contributed by atoms with van der Waals surface area (Å²) in [4.78, 5) is 0. The molecule has 2 aliphatic rings. The van der Waals surface area contributed by atoms with E-state index in [-0.39, 0.29) is 11.7 Å². The maximum absolute atomic E-state index is 14.4. The first kappa shape index (κ1) is 16.7. The number of hydrogen-bond acceptors (Lipinski definition) is 1. The van der Waals surface area contributed by atoms with E-state index in [0.29, 0.717) is 18.1 Å². The molecule has 23 heavy (non-hydrogen) atoms. The molecule has 0 radical (unpaired) electrons. The standard InChI is InChI=1S/C20H28F2O/c1-14-7-9-15(10-8-14)13-23-18-12-11-17(19(21)20(18)22)16-5-3-2-4-6-16/h11-12,14-16H,2-10,13H2,1H3. The van der Waals surface area contributed by atoms with Gasteiger partial charge in [-0.15, -0.1) is 0 Å². The molecule has 2 aliphatic carbocycles. The van der Waals surface area contributed by atoms with Gasteiger partial charge in [-0.1, -0.05) is 45.1 Å². The molecular weight excluding hydrogens is 294 g/mol. The molecule has 0 N–H and O–H groups in total. The summed E-state index contributed by atoms with van der Waals surface area (Å²) in [5.74, 6) is 0.0404. The predicted molar refractivity (Wildman–Crippen MR) is 88.8 cm³/mol. The Kier molecular flexibility index (Phi) is 5.55. The lowest BCUT2D eigenvalue weighted by atomic mass is 9.83. The van der Waals surface area contributed by atoms with Crippen LogP contribution in [0.3, 0.4) is 0 Å². The van der Waals surface area contributed by atoms with Crippen LogP contribution in [0.25, 0.3) is 0 Å². The highest BCUT2D eigenvalue weighted by molar-refractivity contribution is 5.33. The number of halogens is 2. The van der Waals surface area contributed by atoms with Crippen LogP contribution < -0.4 is 4.74 Å². The van der Waals surface area contributed by atoms with Crippen molar-refractivity contribution in [3.8, 4) is 5.75 Å². The maximum atomic E-state index is 14.4. The number of benzene rings is 1. The first-order valence-corrected chi connectivity index (χ1v) is 9.26. The second-order valence-electron chi connectivity index (χ2n) is 7.55. The second kappa shape index (κ2) is 7.63. The minimum atomic E-state index is -0.794. The van der Waals surface area contributed by atoms with Gasteiger partial charge >= 0.3 is 0 Å². The van der Waals surface area contributed by atoms with E-state index in [2.05, 4.69) is 6.92 Å². The van der Waals surface area contributed by atoms with Gasteiger partial charge in [-0.3, -0.25) is 0 Å². The molecule has 1 aromatic rings. The lowest BCUT2D eigenvalue weighted by Crippen LogP contribution is -2.19. The van der Waals surface area contributed by atoms with Crippen LogP contribution in [-0.4, -0.2) is 6.61 Å². The molecule has 0 aromatic heterocycles. The van der Waals surface area contributed by atoms with Gasteiger partial charge in [0.2, 0.25) is 5.82 Å². The van der Waals surface area contributed by atoms with Crippen molar-refractivity contribution in [3.63, 3.8) is 0 Å². The van der Waals surface area contributed by atoms with Crippen molar-refractivity contribution >= 4 is 0 Å². The van der Waals surface area contributed by atoms with Gasteiger partial charge in [0, 0.05) is 0 Å². The number of hydrogen-bond donors (Lipinski definition) is 0. The number of rotatable bonds is 4. The summed E-state index contributed by atoms with van der Waals surface area (Å²) >= 11 is 0. The first-order valence-electron chi connectivity index (χ1n) is 9.26.